The smallest absolute Gasteiger partial charge is 0.255 e. The van der Waals surface area contributed by atoms with Crippen molar-refractivity contribution in [2.24, 2.45) is 0 Å². The quantitative estimate of drug-likeness (QED) is 0.761. The molecule has 0 aliphatic carbocycles. The number of likely N-dealkylation sites (N-methyl/N-ethyl adjacent to an activating group) is 1. The molecule has 6 nitrogen and oxygen atoms in total. The summed E-state index contributed by atoms with van der Waals surface area (Å²) in [6.45, 7) is 4.15. The number of aromatic nitrogens is 3. The van der Waals surface area contributed by atoms with Gasteiger partial charge < -0.3 is 10.2 Å². The van der Waals surface area contributed by atoms with Crippen LogP contribution in [0.15, 0.2) is 36.4 Å². The first-order valence-corrected chi connectivity index (χ1v) is 9.02. The Labute approximate surface area is 152 Å². The molecule has 1 atom stereocenters. The number of piperidine rings is 1. The number of nitrogens with one attached hydrogen (secondary N) is 2. The van der Waals surface area contributed by atoms with Gasteiger partial charge in [-0.25, -0.2) is 0 Å². The highest BCUT2D eigenvalue weighted by Crippen LogP contribution is 2.28. The van der Waals surface area contributed by atoms with Crippen LogP contribution < -0.4 is 5.32 Å². The van der Waals surface area contributed by atoms with E-state index in [0.29, 0.717) is 22.7 Å². The Morgan fingerprint density at radius 2 is 2.15 bits per heavy atom. The van der Waals surface area contributed by atoms with Crippen LogP contribution in [0.25, 0.3) is 11.0 Å². The Morgan fingerprint density at radius 1 is 1.27 bits per heavy atom. The van der Waals surface area contributed by atoms with Crippen LogP contribution in [0.5, 0.6) is 0 Å². The summed E-state index contributed by atoms with van der Waals surface area (Å²) < 4.78 is 0. The normalized spacial score (nSPS) is 18.2. The number of H-pyrrole nitrogens is 1. The van der Waals surface area contributed by atoms with Gasteiger partial charge in [0.05, 0.1) is 5.69 Å². The second-order valence-electron chi connectivity index (χ2n) is 7.13. The van der Waals surface area contributed by atoms with Gasteiger partial charge in [-0.15, -0.1) is 0 Å². The summed E-state index contributed by atoms with van der Waals surface area (Å²) in [4.78, 5) is 15.2. The summed E-state index contributed by atoms with van der Waals surface area (Å²) in [5.74, 6) is 0.372. The molecule has 1 aliphatic rings. The first-order valence-electron chi connectivity index (χ1n) is 9.02. The first-order chi connectivity index (χ1) is 12.6. The van der Waals surface area contributed by atoms with Gasteiger partial charge in [0.2, 0.25) is 0 Å². The largest absolute Gasteiger partial charge is 0.320 e. The van der Waals surface area contributed by atoms with Gasteiger partial charge >= 0.3 is 0 Å². The maximum Gasteiger partial charge on any atom is 0.255 e. The second-order valence-corrected chi connectivity index (χ2v) is 7.13. The SMILES string of the molecule is Cc1ccc2n[nH]nc2c1NC(=O)c1cccc(C2CCCN(C)C2)c1. The van der Waals surface area contributed by atoms with Crippen molar-refractivity contribution in [1.82, 2.24) is 20.3 Å². The Bertz CT molecular complexity index is 948. The van der Waals surface area contributed by atoms with E-state index in [1.807, 2.05) is 37.3 Å². The summed E-state index contributed by atoms with van der Waals surface area (Å²) in [7, 11) is 2.16. The van der Waals surface area contributed by atoms with Gasteiger partial charge in [0.15, 0.2) is 0 Å². The lowest BCUT2D eigenvalue weighted by atomic mass is 9.90. The number of likely N-dealkylation sites (tertiary alicyclic amines) is 1. The van der Waals surface area contributed by atoms with E-state index < -0.39 is 0 Å². The molecule has 134 valence electrons. The molecular weight excluding hydrogens is 326 g/mol. The van der Waals surface area contributed by atoms with Crippen LogP contribution in [0.2, 0.25) is 0 Å². The zero-order valence-corrected chi connectivity index (χ0v) is 15.1. The molecule has 26 heavy (non-hydrogen) atoms. The van der Waals surface area contributed by atoms with Crippen LogP contribution in [0.4, 0.5) is 5.69 Å². The number of hydrogen-bond acceptors (Lipinski definition) is 4. The molecule has 2 aromatic carbocycles. The summed E-state index contributed by atoms with van der Waals surface area (Å²) in [5, 5.41) is 13.9. The molecule has 4 rings (SSSR count). The number of aryl methyl sites for hydroxylation is 1. The number of fused-ring (bicyclic) bond motifs is 1. The van der Waals surface area contributed by atoms with E-state index in [-0.39, 0.29) is 5.91 Å². The fourth-order valence-corrected chi connectivity index (χ4v) is 3.73. The summed E-state index contributed by atoms with van der Waals surface area (Å²) in [5.41, 5.74) is 5.01. The fourth-order valence-electron chi connectivity index (χ4n) is 3.73. The van der Waals surface area contributed by atoms with Crippen LogP contribution in [-0.4, -0.2) is 46.4 Å². The minimum Gasteiger partial charge on any atom is -0.320 e. The number of anilines is 1. The molecule has 1 aliphatic heterocycles. The molecule has 1 amide bonds. The van der Waals surface area contributed by atoms with Crippen molar-refractivity contribution >= 4 is 22.6 Å². The van der Waals surface area contributed by atoms with Gasteiger partial charge in [-0.3, -0.25) is 4.79 Å². The molecule has 1 unspecified atom stereocenters. The number of carbonyl (C=O) groups excluding carboxylic acids is 1. The number of benzene rings is 2. The highest BCUT2D eigenvalue weighted by molar-refractivity contribution is 6.08. The third kappa shape index (κ3) is 3.20. The van der Waals surface area contributed by atoms with Gasteiger partial charge in [0.1, 0.15) is 11.0 Å². The van der Waals surface area contributed by atoms with Gasteiger partial charge in [-0.2, -0.15) is 15.4 Å². The summed E-state index contributed by atoms with van der Waals surface area (Å²) in [6, 6.07) is 11.8. The molecule has 6 heteroatoms. The van der Waals surface area contributed by atoms with E-state index in [1.165, 1.54) is 18.4 Å². The standard InChI is InChI=1S/C20H23N5O/c1-13-8-9-17-19(23-24-22-17)18(13)21-20(26)15-6-3-5-14(11-15)16-7-4-10-25(2)12-16/h3,5-6,8-9,11,16H,4,7,10,12H2,1-2H3,(H,21,26)(H,22,23,24). The van der Waals surface area contributed by atoms with E-state index in [9.17, 15) is 4.79 Å². The summed E-state index contributed by atoms with van der Waals surface area (Å²) >= 11 is 0. The van der Waals surface area contributed by atoms with Crippen molar-refractivity contribution in [2.75, 3.05) is 25.5 Å². The van der Waals surface area contributed by atoms with Gasteiger partial charge in [-0.05, 0) is 68.6 Å². The lowest BCUT2D eigenvalue weighted by Gasteiger charge is -2.30. The third-order valence-electron chi connectivity index (χ3n) is 5.18. The van der Waals surface area contributed by atoms with Gasteiger partial charge in [0, 0.05) is 12.1 Å². The van der Waals surface area contributed by atoms with E-state index in [1.54, 1.807) is 0 Å². The van der Waals surface area contributed by atoms with Crippen molar-refractivity contribution in [3.8, 4) is 0 Å². The molecule has 0 bridgehead atoms. The second kappa shape index (κ2) is 6.88. The molecular formula is C20H23N5O. The van der Waals surface area contributed by atoms with Crippen molar-refractivity contribution in [3.05, 3.63) is 53.1 Å². The molecule has 2 N–H and O–H groups in total. The maximum absolute atomic E-state index is 12.9. The van der Waals surface area contributed by atoms with Gasteiger partial charge in [0.25, 0.3) is 5.91 Å². The van der Waals surface area contributed by atoms with Crippen LogP contribution in [0.3, 0.4) is 0 Å². The molecule has 1 saturated heterocycles. The molecule has 0 radical (unpaired) electrons. The first kappa shape index (κ1) is 16.7. The fraction of sp³-hybridized carbons (Fsp3) is 0.350. The lowest BCUT2D eigenvalue weighted by molar-refractivity contribution is 0.102. The molecule has 0 spiro atoms. The van der Waals surface area contributed by atoms with Crippen molar-refractivity contribution < 1.29 is 4.79 Å². The Morgan fingerprint density at radius 3 is 3.00 bits per heavy atom. The monoisotopic (exact) mass is 349 g/mol. The number of nitrogens with zero attached hydrogens (tertiary/aromatic N) is 3. The van der Waals surface area contributed by atoms with Crippen molar-refractivity contribution in [1.29, 1.82) is 0 Å². The van der Waals surface area contributed by atoms with Crippen molar-refractivity contribution in [3.63, 3.8) is 0 Å². The Balaban J connectivity index is 1.59. The van der Waals surface area contributed by atoms with Crippen LogP contribution in [-0.2, 0) is 0 Å². The van der Waals surface area contributed by atoms with Crippen LogP contribution in [0, 0.1) is 6.92 Å². The zero-order chi connectivity index (χ0) is 18.1. The van der Waals surface area contributed by atoms with E-state index in [0.717, 1.165) is 24.2 Å². The molecule has 3 aromatic rings. The predicted molar refractivity (Wildman–Crippen MR) is 102 cm³/mol. The van der Waals surface area contributed by atoms with Crippen LogP contribution >= 0.6 is 0 Å². The van der Waals surface area contributed by atoms with E-state index in [4.69, 9.17) is 0 Å². The minimum atomic E-state index is -0.116. The number of carbonyl (C=O) groups is 1. The highest BCUT2D eigenvalue weighted by atomic mass is 16.1. The average Bonchev–Trinajstić information content (AvgIpc) is 3.13. The molecule has 0 saturated carbocycles. The molecule has 1 aromatic heterocycles. The topological polar surface area (TPSA) is 73.9 Å². The Hall–Kier alpha value is -2.73. The summed E-state index contributed by atoms with van der Waals surface area (Å²) in [6.07, 6.45) is 2.37. The van der Waals surface area contributed by atoms with Gasteiger partial charge in [-0.1, -0.05) is 18.2 Å². The maximum atomic E-state index is 12.9. The number of hydrogen-bond donors (Lipinski definition) is 2. The van der Waals surface area contributed by atoms with Crippen molar-refractivity contribution in [2.45, 2.75) is 25.7 Å². The lowest BCUT2D eigenvalue weighted by Crippen LogP contribution is -2.30. The Kier molecular flexibility index (Phi) is 4.42. The minimum absolute atomic E-state index is 0.116. The van der Waals surface area contributed by atoms with Crippen LogP contribution in [0.1, 0.15) is 40.2 Å². The number of aromatic amines is 1. The number of amides is 1. The highest BCUT2D eigenvalue weighted by Gasteiger charge is 2.20. The molecule has 2 heterocycles. The van der Waals surface area contributed by atoms with E-state index in [2.05, 4.69) is 38.7 Å². The molecule has 1 fully saturated rings. The zero-order valence-electron chi connectivity index (χ0n) is 15.1. The number of rotatable bonds is 3. The average molecular weight is 349 g/mol. The van der Waals surface area contributed by atoms with E-state index >= 15 is 0 Å². The predicted octanol–water partition coefficient (Wildman–Crippen LogP) is 3.33. The third-order valence-corrected chi connectivity index (χ3v) is 5.18.